The quantitative estimate of drug-likeness (QED) is 0.711. The van der Waals surface area contributed by atoms with Crippen LogP contribution in [0.15, 0.2) is 24.8 Å². The molecule has 1 heterocycles. The SMILES string of the molecule is C=CCOc1ccc(CO)c(C)n1. The number of nitrogens with zero attached hydrogens (tertiary/aromatic N) is 1. The fraction of sp³-hybridized carbons (Fsp3) is 0.300. The second kappa shape index (κ2) is 4.62. The fourth-order valence-electron chi connectivity index (χ4n) is 0.959. The molecule has 1 rings (SSSR count). The van der Waals surface area contributed by atoms with E-state index in [1.54, 1.807) is 18.2 Å². The number of aliphatic hydroxyl groups is 1. The zero-order valence-electron chi connectivity index (χ0n) is 7.66. The summed E-state index contributed by atoms with van der Waals surface area (Å²) in [6.07, 6.45) is 1.66. The second-order valence-electron chi connectivity index (χ2n) is 2.65. The Hall–Kier alpha value is -1.35. The van der Waals surface area contributed by atoms with Gasteiger partial charge in [0.05, 0.1) is 6.61 Å². The molecule has 3 nitrogen and oxygen atoms in total. The first-order valence-corrected chi connectivity index (χ1v) is 4.09. The van der Waals surface area contributed by atoms with Crippen LogP contribution in [0.3, 0.4) is 0 Å². The molecule has 0 aliphatic carbocycles. The molecule has 1 aromatic rings. The summed E-state index contributed by atoms with van der Waals surface area (Å²) in [7, 11) is 0. The van der Waals surface area contributed by atoms with Gasteiger partial charge in [-0.2, -0.15) is 0 Å². The number of hydrogen-bond donors (Lipinski definition) is 1. The molecule has 70 valence electrons. The van der Waals surface area contributed by atoms with Gasteiger partial charge in [0.25, 0.3) is 0 Å². The van der Waals surface area contributed by atoms with E-state index in [1.807, 2.05) is 6.92 Å². The summed E-state index contributed by atoms with van der Waals surface area (Å²) in [5.41, 5.74) is 1.62. The molecule has 0 aliphatic rings. The van der Waals surface area contributed by atoms with Crippen molar-refractivity contribution in [2.45, 2.75) is 13.5 Å². The first-order valence-electron chi connectivity index (χ1n) is 4.09. The molecule has 0 fully saturated rings. The Morgan fingerprint density at radius 1 is 1.62 bits per heavy atom. The van der Waals surface area contributed by atoms with E-state index in [2.05, 4.69) is 11.6 Å². The molecule has 0 radical (unpaired) electrons. The van der Waals surface area contributed by atoms with Crippen LogP contribution in [0, 0.1) is 6.92 Å². The van der Waals surface area contributed by atoms with Crippen molar-refractivity contribution in [3.8, 4) is 5.88 Å². The molecule has 0 saturated heterocycles. The zero-order valence-corrected chi connectivity index (χ0v) is 7.66. The lowest BCUT2D eigenvalue weighted by molar-refractivity contribution is 0.279. The van der Waals surface area contributed by atoms with Gasteiger partial charge in [0.1, 0.15) is 6.61 Å². The van der Waals surface area contributed by atoms with E-state index in [0.717, 1.165) is 11.3 Å². The van der Waals surface area contributed by atoms with Crippen LogP contribution >= 0.6 is 0 Å². The van der Waals surface area contributed by atoms with Gasteiger partial charge in [0.2, 0.25) is 5.88 Å². The lowest BCUT2D eigenvalue weighted by Crippen LogP contribution is -1.99. The van der Waals surface area contributed by atoms with Crippen molar-refractivity contribution in [3.05, 3.63) is 36.0 Å². The van der Waals surface area contributed by atoms with Gasteiger partial charge in [-0.25, -0.2) is 4.98 Å². The maximum atomic E-state index is 8.89. The van der Waals surface area contributed by atoms with Crippen molar-refractivity contribution >= 4 is 0 Å². The van der Waals surface area contributed by atoms with E-state index in [1.165, 1.54) is 0 Å². The molecule has 0 atom stereocenters. The van der Waals surface area contributed by atoms with E-state index < -0.39 is 0 Å². The smallest absolute Gasteiger partial charge is 0.213 e. The summed E-state index contributed by atoms with van der Waals surface area (Å²) in [6.45, 7) is 5.84. The summed E-state index contributed by atoms with van der Waals surface area (Å²) in [4.78, 5) is 4.15. The van der Waals surface area contributed by atoms with Crippen LogP contribution in [0.2, 0.25) is 0 Å². The Kier molecular flexibility index (Phi) is 3.46. The van der Waals surface area contributed by atoms with E-state index >= 15 is 0 Å². The highest BCUT2D eigenvalue weighted by Crippen LogP contribution is 2.12. The minimum atomic E-state index is 0.0145. The molecule has 0 aliphatic heterocycles. The Balaban J connectivity index is 2.76. The molecule has 1 N–H and O–H groups in total. The van der Waals surface area contributed by atoms with Gasteiger partial charge in [0.15, 0.2) is 0 Å². The molecule has 0 spiro atoms. The van der Waals surface area contributed by atoms with Crippen molar-refractivity contribution in [2.24, 2.45) is 0 Å². The third-order valence-corrected chi connectivity index (χ3v) is 1.69. The first-order chi connectivity index (χ1) is 6.27. The molecular weight excluding hydrogens is 166 g/mol. The van der Waals surface area contributed by atoms with Crippen molar-refractivity contribution in [2.75, 3.05) is 6.61 Å². The highest BCUT2D eigenvalue weighted by Gasteiger charge is 2.00. The molecule has 0 unspecified atom stereocenters. The Bertz CT molecular complexity index is 297. The zero-order chi connectivity index (χ0) is 9.68. The van der Waals surface area contributed by atoms with Gasteiger partial charge in [-0.3, -0.25) is 0 Å². The topological polar surface area (TPSA) is 42.4 Å². The van der Waals surface area contributed by atoms with Gasteiger partial charge in [-0.15, -0.1) is 0 Å². The van der Waals surface area contributed by atoms with Crippen LogP contribution in [-0.4, -0.2) is 16.7 Å². The van der Waals surface area contributed by atoms with Gasteiger partial charge >= 0.3 is 0 Å². The normalized spacial score (nSPS) is 9.69. The molecule has 0 aromatic carbocycles. The van der Waals surface area contributed by atoms with Crippen molar-refractivity contribution < 1.29 is 9.84 Å². The summed E-state index contributed by atoms with van der Waals surface area (Å²) in [5, 5.41) is 8.89. The number of pyridine rings is 1. The average Bonchev–Trinajstić information content (AvgIpc) is 2.15. The Labute approximate surface area is 77.7 Å². The van der Waals surface area contributed by atoms with Gasteiger partial charge in [0, 0.05) is 11.8 Å². The van der Waals surface area contributed by atoms with Crippen LogP contribution in [0.1, 0.15) is 11.3 Å². The molecule has 1 aromatic heterocycles. The molecule has 0 saturated carbocycles. The van der Waals surface area contributed by atoms with E-state index in [4.69, 9.17) is 9.84 Å². The summed E-state index contributed by atoms with van der Waals surface area (Å²) >= 11 is 0. The van der Waals surface area contributed by atoms with Crippen LogP contribution in [0.5, 0.6) is 5.88 Å². The third kappa shape index (κ3) is 2.56. The summed E-state index contributed by atoms with van der Waals surface area (Å²) < 4.78 is 5.22. The predicted octanol–water partition coefficient (Wildman–Crippen LogP) is 1.45. The van der Waals surface area contributed by atoms with Crippen molar-refractivity contribution in [1.29, 1.82) is 0 Å². The van der Waals surface area contributed by atoms with Crippen LogP contribution in [-0.2, 0) is 6.61 Å². The molecular formula is C10H13NO2. The van der Waals surface area contributed by atoms with Gasteiger partial charge < -0.3 is 9.84 Å². The first kappa shape index (κ1) is 9.74. The number of aryl methyl sites for hydroxylation is 1. The second-order valence-corrected chi connectivity index (χ2v) is 2.65. The minimum absolute atomic E-state index is 0.0145. The Morgan fingerprint density at radius 2 is 2.38 bits per heavy atom. The summed E-state index contributed by atoms with van der Waals surface area (Å²) in [5.74, 6) is 0.564. The van der Waals surface area contributed by atoms with Crippen LogP contribution < -0.4 is 4.74 Å². The lowest BCUT2D eigenvalue weighted by atomic mass is 10.2. The van der Waals surface area contributed by atoms with Crippen LogP contribution in [0.4, 0.5) is 0 Å². The lowest BCUT2D eigenvalue weighted by Gasteiger charge is -2.05. The summed E-state index contributed by atoms with van der Waals surface area (Å²) in [6, 6.07) is 3.54. The minimum Gasteiger partial charge on any atom is -0.473 e. The number of rotatable bonds is 4. The molecule has 3 heteroatoms. The number of ether oxygens (including phenoxy) is 1. The maximum Gasteiger partial charge on any atom is 0.213 e. The van der Waals surface area contributed by atoms with Gasteiger partial charge in [-0.05, 0) is 18.6 Å². The average molecular weight is 179 g/mol. The molecule has 0 bridgehead atoms. The standard InChI is InChI=1S/C10H13NO2/c1-3-6-13-10-5-4-9(7-12)8(2)11-10/h3-5,12H,1,6-7H2,2H3. The van der Waals surface area contributed by atoms with Crippen molar-refractivity contribution in [3.63, 3.8) is 0 Å². The maximum absolute atomic E-state index is 8.89. The highest BCUT2D eigenvalue weighted by molar-refractivity contribution is 5.24. The highest BCUT2D eigenvalue weighted by atomic mass is 16.5. The molecule has 13 heavy (non-hydrogen) atoms. The number of hydrogen-bond acceptors (Lipinski definition) is 3. The molecule has 0 amide bonds. The van der Waals surface area contributed by atoms with E-state index in [-0.39, 0.29) is 6.61 Å². The number of aliphatic hydroxyl groups excluding tert-OH is 1. The van der Waals surface area contributed by atoms with E-state index in [0.29, 0.717) is 12.5 Å². The third-order valence-electron chi connectivity index (χ3n) is 1.69. The predicted molar refractivity (Wildman–Crippen MR) is 50.6 cm³/mol. The van der Waals surface area contributed by atoms with Gasteiger partial charge in [-0.1, -0.05) is 12.7 Å². The number of aromatic nitrogens is 1. The van der Waals surface area contributed by atoms with E-state index in [9.17, 15) is 0 Å². The van der Waals surface area contributed by atoms with Crippen molar-refractivity contribution in [1.82, 2.24) is 4.98 Å². The monoisotopic (exact) mass is 179 g/mol. The fourth-order valence-corrected chi connectivity index (χ4v) is 0.959. The Morgan fingerprint density at radius 3 is 2.92 bits per heavy atom. The largest absolute Gasteiger partial charge is 0.473 e. The van der Waals surface area contributed by atoms with Crippen LogP contribution in [0.25, 0.3) is 0 Å².